The predicted octanol–water partition coefficient (Wildman–Crippen LogP) is 3.26. The molecule has 0 aromatic carbocycles. The van der Waals surface area contributed by atoms with Gasteiger partial charge < -0.3 is 10.2 Å². The molecule has 0 atom stereocenters. The predicted molar refractivity (Wildman–Crippen MR) is 82.8 cm³/mol. The molecular weight excluding hydrogens is 238 g/mol. The molecule has 1 N–H and O–H groups in total. The van der Waals surface area contributed by atoms with Crippen LogP contribution in [0.3, 0.4) is 0 Å². The van der Waals surface area contributed by atoms with Crippen LogP contribution >= 0.6 is 0 Å². The Balaban J connectivity index is 3.02. The standard InChI is InChI=1S/C14H25N5/c1-5-9-10-16-13-12(15-6-2)11-17-14(18-13)19(7-3)8-4/h10-11,15H,5-9H2,1-4H3. The molecule has 0 unspecified atom stereocenters. The second kappa shape index (κ2) is 8.45. The minimum atomic E-state index is 0.729. The second-order valence-corrected chi connectivity index (χ2v) is 4.21. The quantitative estimate of drug-likeness (QED) is 0.731. The van der Waals surface area contributed by atoms with E-state index in [9.17, 15) is 0 Å². The first-order valence-corrected chi connectivity index (χ1v) is 7.15. The monoisotopic (exact) mass is 263 g/mol. The van der Waals surface area contributed by atoms with Crippen molar-refractivity contribution >= 4 is 23.7 Å². The number of rotatable bonds is 8. The first-order chi connectivity index (χ1) is 9.26. The van der Waals surface area contributed by atoms with Crippen LogP contribution in [0.1, 0.15) is 40.5 Å². The maximum atomic E-state index is 4.56. The highest BCUT2D eigenvalue weighted by atomic mass is 15.3. The molecule has 5 heteroatoms. The van der Waals surface area contributed by atoms with Crippen LogP contribution in [0.2, 0.25) is 0 Å². The summed E-state index contributed by atoms with van der Waals surface area (Å²) in [4.78, 5) is 15.5. The van der Waals surface area contributed by atoms with E-state index in [4.69, 9.17) is 0 Å². The van der Waals surface area contributed by atoms with Gasteiger partial charge in [-0.2, -0.15) is 4.98 Å². The molecule has 0 bridgehead atoms. The highest BCUT2D eigenvalue weighted by Gasteiger charge is 2.09. The van der Waals surface area contributed by atoms with Crippen LogP contribution in [0.15, 0.2) is 11.2 Å². The van der Waals surface area contributed by atoms with Crippen LogP contribution in [0.25, 0.3) is 0 Å². The third kappa shape index (κ3) is 4.50. The van der Waals surface area contributed by atoms with Gasteiger partial charge in [-0.3, -0.25) is 0 Å². The SMILES string of the molecule is CCCC=Nc1nc(N(CC)CC)ncc1NCC. The number of unbranched alkanes of at least 4 members (excludes halogenated alkanes) is 1. The van der Waals surface area contributed by atoms with Crippen molar-refractivity contribution in [3.8, 4) is 0 Å². The van der Waals surface area contributed by atoms with Crippen molar-refractivity contribution < 1.29 is 0 Å². The molecule has 1 aromatic heterocycles. The summed E-state index contributed by atoms with van der Waals surface area (Å²) < 4.78 is 0. The molecule has 1 rings (SSSR count). The van der Waals surface area contributed by atoms with Crippen LogP contribution in [0, 0.1) is 0 Å². The number of aliphatic imine (C=N–C) groups is 1. The van der Waals surface area contributed by atoms with Crippen molar-refractivity contribution in [1.82, 2.24) is 9.97 Å². The van der Waals surface area contributed by atoms with Gasteiger partial charge in [0.05, 0.1) is 11.9 Å². The van der Waals surface area contributed by atoms with Gasteiger partial charge in [0.1, 0.15) is 0 Å². The van der Waals surface area contributed by atoms with Gasteiger partial charge in [-0.25, -0.2) is 9.98 Å². The molecule has 1 aromatic rings. The van der Waals surface area contributed by atoms with Gasteiger partial charge in [0.15, 0.2) is 5.82 Å². The number of hydrogen-bond donors (Lipinski definition) is 1. The van der Waals surface area contributed by atoms with Crippen LogP contribution in [-0.4, -0.2) is 35.8 Å². The molecular formula is C14H25N5. The fourth-order valence-electron chi connectivity index (χ4n) is 1.72. The van der Waals surface area contributed by atoms with Crippen LogP contribution in [-0.2, 0) is 0 Å². The maximum Gasteiger partial charge on any atom is 0.227 e. The molecule has 0 radical (unpaired) electrons. The minimum absolute atomic E-state index is 0.729. The zero-order valence-electron chi connectivity index (χ0n) is 12.5. The van der Waals surface area contributed by atoms with Crippen molar-refractivity contribution in [2.24, 2.45) is 4.99 Å². The zero-order chi connectivity index (χ0) is 14.1. The third-order valence-electron chi connectivity index (χ3n) is 2.80. The number of nitrogens with zero attached hydrogens (tertiary/aromatic N) is 4. The van der Waals surface area contributed by atoms with Crippen LogP contribution < -0.4 is 10.2 Å². The molecule has 1 heterocycles. The smallest absolute Gasteiger partial charge is 0.227 e. The van der Waals surface area contributed by atoms with Crippen molar-refractivity contribution in [3.05, 3.63) is 6.20 Å². The fourth-order valence-corrected chi connectivity index (χ4v) is 1.72. The Morgan fingerprint density at radius 1 is 1.26 bits per heavy atom. The Labute approximate surface area is 116 Å². The lowest BCUT2D eigenvalue weighted by Gasteiger charge is -2.19. The van der Waals surface area contributed by atoms with Gasteiger partial charge in [-0.05, 0) is 27.2 Å². The number of hydrogen-bond acceptors (Lipinski definition) is 5. The lowest BCUT2D eigenvalue weighted by Crippen LogP contribution is -2.24. The van der Waals surface area contributed by atoms with Gasteiger partial charge >= 0.3 is 0 Å². The summed E-state index contributed by atoms with van der Waals surface area (Å²) >= 11 is 0. The molecule has 0 aliphatic rings. The second-order valence-electron chi connectivity index (χ2n) is 4.21. The molecule has 0 spiro atoms. The van der Waals surface area contributed by atoms with Gasteiger partial charge in [0.2, 0.25) is 5.95 Å². The first kappa shape index (κ1) is 15.4. The summed E-state index contributed by atoms with van der Waals surface area (Å²) in [5.41, 5.74) is 0.894. The maximum absolute atomic E-state index is 4.56. The molecule has 5 nitrogen and oxygen atoms in total. The van der Waals surface area contributed by atoms with E-state index < -0.39 is 0 Å². The van der Waals surface area contributed by atoms with Crippen LogP contribution in [0.5, 0.6) is 0 Å². The van der Waals surface area contributed by atoms with E-state index in [-0.39, 0.29) is 0 Å². The van der Waals surface area contributed by atoms with Crippen molar-refractivity contribution in [3.63, 3.8) is 0 Å². The highest BCUT2D eigenvalue weighted by Crippen LogP contribution is 2.23. The highest BCUT2D eigenvalue weighted by molar-refractivity contribution is 5.69. The third-order valence-corrected chi connectivity index (χ3v) is 2.80. The van der Waals surface area contributed by atoms with Gasteiger partial charge in [0.25, 0.3) is 0 Å². The molecule has 0 fully saturated rings. The van der Waals surface area contributed by atoms with Gasteiger partial charge in [-0.15, -0.1) is 0 Å². The molecule has 0 aliphatic heterocycles. The Hall–Kier alpha value is -1.65. The van der Waals surface area contributed by atoms with Gasteiger partial charge in [-0.1, -0.05) is 13.3 Å². The van der Waals surface area contributed by atoms with Crippen molar-refractivity contribution in [2.45, 2.75) is 40.5 Å². The van der Waals surface area contributed by atoms with E-state index in [2.05, 4.69) is 52.9 Å². The lowest BCUT2D eigenvalue weighted by atomic mass is 10.4. The summed E-state index contributed by atoms with van der Waals surface area (Å²) in [7, 11) is 0. The fraction of sp³-hybridized carbons (Fsp3) is 0.643. The lowest BCUT2D eigenvalue weighted by molar-refractivity contribution is 0.821. The van der Waals surface area contributed by atoms with Crippen molar-refractivity contribution in [2.75, 3.05) is 29.9 Å². The summed E-state index contributed by atoms with van der Waals surface area (Å²) in [6.45, 7) is 11.0. The summed E-state index contributed by atoms with van der Waals surface area (Å²) in [6.07, 6.45) is 5.81. The molecule has 0 saturated heterocycles. The van der Waals surface area contributed by atoms with E-state index in [1.54, 1.807) is 0 Å². The summed E-state index contributed by atoms with van der Waals surface area (Å²) in [5.74, 6) is 1.47. The Morgan fingerprint density at radius 2 is 2.00 bits per heavy atom. The first-order valence-electron chi connectivity index (χ1n) is 7.15. The molecule has 0 saturated carbocycles. The Kier molecular flexibility index (Phi) is 6.85. The average Bonchev–Trinajstić information content (AvgIpc) is 2.43. The van der Waals surface area contributed by atoms with E-state index in [0.29, 0.717) is 0 Å². The average molecular weight is 263 g/mol. The molecule has 0 amide bonds. The van der Waals surface area contributed by atoms with Crippen molar-refractivity contribution in [1.29, 1.82) is 0 Å². The number of anilines is 2. The minimum Gasteiger partial charge on any atom is -0.381 e. The van der Waals surface area contributed by atoms with Crippen LogP contribution in [0.4, 0.5) is 17.5 Å². The topological polar surface area (TPSA) is 53.4 Å². The molecule has 0 aliphatic carbocycles. The van der Waals surface area contributed by atoms with Gasteiger partial charge in [0, 0.05) is 25.8 Å². The summed E-state index contributed by atoms with van der Waals surface area (Å²) in [5, 5.41) is 3.25. The van der Waals surface area contributed by atoms with E-state index in [1.165, 1.54) is 0 Å². The number of aromatic nitrogens is 2. The largest absolute Gasteiger partial charge is 0.381 e. The summed E-state index contributed by atoms with van der Waals surface area (Å²) in [6, 6.07) is 0. The number of nitrogens with one attached hydrogen (secondary N) is 1. The van der Waals surface area contributed by atoms with E-state index in [1.807, 2.05) is 12.4 Å². The van der Waals surface area contributed by atoms with E-state index >= 15 is 0 Å². The Bertz CT molecular complexity index is 399. The Morgan fingerprint density at radius 3 is 2.58 bits per heavy atom. The molecule has 19 heavy (non-hydrogen) atoms. The molecule has 106 valence electrons. The zero-order valence-corrected chi connectivity index (χ0v) is 12.5. The normalized spacial score (nSPS) is 10.9. The van der Waals surface area contributed by atoms with E-state index in [0.717, 1.165) is 49.9 Å².